The summed E-state index contributed by atoms with van der Waals surface area (Å²) in [7, 11) is 0. The highest BCUT2D eigenvalue weighted by Crippen LogP contribution is 2.24. The summed E-state index contributed by atoms with van der Waals surface area (Å²) in [6.45, 7) is 7.75. The van der Waals surface area contributed by atoms with Gasteiger partial charge in [0.25, 0.3) is 0 Å². The second-order valence-corrected chi connectivity index (χ2v) is 7.03. The van der Waals surface area contributed by atoms with Crippen LogP contribution in [0.15, 0.2) is 35.1 Å². The molecular weight excluding hydrogens is 330 g/mol. The molecule has 1 fully saturated rings. The molecule has 4 heterocycles. The van der Waals surface area contributed by atoms with Gasteiger partial charge in [-0.3, -0.25) is 4.90 Å². The second-order valence-electron chi connectivity index (χ2n) is 7.03. The molecule has 3 aromatic heterocycles. The van der Waals surface area contributed by atoms with Gasteiger partial charge in [-0.2, -0.15) is 9.61 Å². The van der Waals surface area contributed by atoms with Gasteiger partial charge in [0, 0.05) is 62.2 Å². The Hall–Kier alpha value is -2.38. The Balaban J connectivity index is 1.59. The minimum atomic E-state index is 0.187. The summed E-state index contributed by atoms with van der Waals surface area (Å²) < 4.78 is 7.13. The van der Waals surface area contributed by atoms with Crippen molar-refractivity contribution < 1.29 is 9.52 Å². The lowest BCUT2D eigenvalue weighted by atomic mass is 10.1. The lowest BCUT2D eigenvalue weighted by Crippen LogP contribution is -2.53. The van der Waals surface area contributed by atoms with Crippen LogP contribution in [0.1, 0.15) is 23.4 Å². The summed E-state index contributed by atoms with van der Waals surface area (Å²) >= 11 is 0. The molecule has 1 N–H and O–H groups in total. The van der Waals surface area contributed by atoms with Gasteiger partial charge in [-0.15, -0.1) is 0 Å². The van der Waals surface area contributed by atoms with Crippen LogP contribution in [0.2, 0.25) is 0 Å². The molecule has 3 aromatic rings. The highest BCUT2D eigenvalue weighted by Gasteiger charge is 2.28. The average molecular weight is 355 g/mol. The quantitative estimate of drug-likeness (QED) is 0.755. The van der Waals surface area contributed by atoms with E-state index in [1.807, 2.05) is 30.5 Å². The van der Waals surface area contributed by atoms with Crippen LogP contribution in [0.4, 0.5) is 5.82 Å². The summed E-state index contributed by atoms with van der Waals surface area (Å²) in [5.41, 5.74) is 4.02. The fourth-order valence-electron chi connectivity index (χ4n) is 3.77. The molecule has 1 saturated heterocycles. The Morgan fingerprint density at radius 1 is 1.23 bits per heavy atom. The fourth-order valence-corrected chi connectivity index (χ4v) is 3.77. The summed E-state index contributed by atoms with van der Waals surface area (Å²) in [4.78, 5) is 9.37. The molecule has 0 bridgehead atoms. The molecule has 0 amide bonds. The van der Waals surface area contributed by atoms with Gasteiger partial charge in [-0.25, -0.2) is 4.98 Å². The molecule has 7 heteroatoms. The molecule has 26 heavy (non-hydrogen) atoms. The van der Waals surface area contributed by atoms with Crippen LogP contribution in [0.25, 0.3) is 5.65 Å². The predicted molar refractivity (Wildman–Crippen MR) is 99.3 cm³/mol. The van der Waals surface area contributed by atoms with Gasteiger partial charge in [-0.05, 0) is 26.3 Å². The molecule has 138 valence electrons. The Bertz CT molecular complexity index is 874. The molecule has 0 saturated carbocycles. The molecule has 7 nitrogen and oxygen atoms in total. The van der Waals surface area contributed by atoms with E-state index in [1.165, 1.54) is 5.56 Å². The SMILES string of the molecule is Cc1cc(N2CCN(Cc3ccoc3)[C@@H](CCO)C2)n2nc(C)cc2n1. The van der Waals surface area contributed by atoms with E-state index in [1.54, 1.807) is 12.5 Å². The number of furan rings is 1. The maximum absolute atomic E-state index is 9.55. The standard InChI is InChI=1S/C19H25N5O2/c1-14-10-19(24-18(20-14)9-15(2)21-24)23-6-5-22(17(12-23)3-7-25)11-16-4-8-26-13-16/h4,8-10,13,17,25H,3,5-7,11-12H2,1-2H3/t17-/m0/s1. The van der Waals surface area contributed by atoms with Crippen molar-refractivity contribution in [1.29, 1.82) is 0 Å². The van der Waals surface area contributed by atoms with Crippen LogP contribution in [0.3, 0.4) is 0 Å². The first kappa shape index (κ1) is 17.1. The molecule has 0 aromatic carbocycles. The zero-order valence-corrected chi connectivity index (χ0v) is 15.3. The third kappa shape index (κ3) is 3.32. The maximum Gasteiger partial charge on any atom is 0.157 e. The number of hydrogen-bond donors (Lipinski definition) is 1. The number of hydrogen-bond acceptors (Lipinski definition) is 6. The van der Waals surface area contributed by atoms with Crippen molar-refractivity contribution in [3.8, 4) is 0 Å². The van der Waals surface area contributed by atoms with Gasteiger partial charge < -0.3 is 14.4 Å². The first-order valence-electron chi connectivity index (χ1n) is 9.09. The number of aliphatic hydroxyl groups is 1. The Kier molecular flexibility index (Phi) is 4.65. The highest BCUT2D eigenvalue weighted by atomic mass is 16.3. The van der Waals surface area contributed by atoms with E-state index in [9.17, 15) is 5.11 Å². The van der Waals surface area contributed by atoms with Gasteiger partial charge in [-0.1, -0.05) is 0 Å². The van der Waals surface area contributed by atoms with E-state index in [0.29, 0.717) is 0 Å². The largest absolute Gasteiger partial charge is 0.472 e. The molecule has 0 aliphatic carbocycles. The number of rotatable bonds is 5. The third-order valence-corrected chi connectivity index (χ3v) is 5.02. The normalized spacial score (nSPS) is 18.7. The van der Waals surface area contributed by atoms with E-state index in [0.717, 1.165) is 55.5 Å². The maximum atomic E-state index is 9.55. The zero-order valence-electron chi connectivity index (χ0n) is 15.3. The van der Waals surface area contributed by atoms with Gasteiger partial charge in [0.05, 0.1) is 18.2 Å². The zero-order chi connectivity index (χ0) is 18.1. The Morgan fingerprint density at radius 2 is 2.12 bits per heavy atom. The molecule has 1 aliphatic heterocycles. The van der Waals surface area contributed by atoms with Gasteiger partial charge in [0.1, 0.15) is 5.82 Å². The van der Waals surface area contributed by atoms with Crippen molar-refractivity contribution in [2.45, 2.75) is 32.9 Å². The number of fused-ring (bicyclic) bond motifs is 1. The van der Waals surface area contributed by atoms with E-state index < -0.39 is 0 Å². The van der Waals surface area contributed by atoms with Gasteiger partial charge in [0.2, 0.25) is 0 Å². The first-order chi connectivity index (χ1) is 12.6. The van der Waals surface area contributed by atoms with Crippen LogP contribution in [0.5, 0.6) is 0 Å². The highest BCUT2D eigenvalue weighted by molar-refractivity contribution is 5.52. The van der Waals surface area contributed by atoms with Crippen LogP contribution < -0.4 is 4.90 Å². The van der Waals surface area contributed by atoms with Crippen molar-refractivity contribution in [3.63, 3.8) is 0 Å². The molecule has 0 spiro atoms. The van der Waals surface area contributed by atoms with E-state index >= 15 is 0 Å². The van der Waals surface area contributed by atoms with Crippen LogP contribution in [0, 0.1) is 13.8 Å². The minimum absolute atomic E-state index is 0.187. The van der Waals surface area contributed by atoms with E-state index in [4.69, 9.17) is 4.42 Å². The Morgan fingerprint density at radius 3 is 2.88 bits per heavy atom. The van der Waals surface area contributed by atoms with Crippen molar-refractivity contribution in [2.75, 3.05) is 31.1 Å². The smallest absolute Gasteiger partial charge is 0.157 e. The fraction of sp³-hybridized carbons (Fsp3) is 0.474. The molecule has 0 unspecified atom stereocenters. The first-order valence-corrected chi connectivity index (χ1v) is 9.09. The monoisotopic (exact) mass is 355 g/mol. The van der Waals surface area contributed by atoms with E-state index in [2.05, 4.69) is 25.9 Å². The summed E-state index contributed by atoms with van der Waals surface area (Å²) in [6.07, 6.45) is 4.26. The van der Waals surface area contributed by atoms with Gasteiger partial charge in [0.15, 0.2) is 5.65 Å². The van der Waals surface area contributed by atoms with Crippen molar-refractivity contribution in [2.24, 2.45) is 0 Å². The number of aryl methyl sites for hydroxylation is 2. The summed E-state index contributed by atoms with van der Waals surface area (Å²) in [5.74, 6) is 1.08. The van der Waals surface area contributed by atoms with Crippen LogP contribution in [-0.2, 0) is 6.54 Å². The molecule has 4 rings (SSSR count). The van der Waals surface area contributed by atoms with E-state index in [-0.39, 0.29) is 12.6 Å². The third-order valence-electron chi connectivity index (χ3n) is 5.02. The van der Waals surface area contributed by atoms with Crippen molar-refractivity contribution >= 4 is 11.5 Å². The minimum Gasteiger partial charge on any atom is -0.472 e. The predicted octanol–water partition coefficient (Wildman–Crippen LogP) is 2.01. The molecule has 0 radical (unpaired) electrons. The van der Waals surface area contributed by atoms with Crippen molar-refractivity contribution in [3.05, 3.63) is 47.7 Å². The summed E-state index contributed by atoms with van der Waals surface area (Å²) in [6, 6.07) is 6.40. The number of aliphatic hydroxyl groups excluding tert-OH is 1. The van der Waals surface area contributed by atoms with Crippen LogP contribution in [-0.4, -0.2) is 56.9 Å². The number of anilines is 1. The lowest BCUT2D eigenvalue weighted by Gasteiger charge is -2.42. The number of nitrogens with zero attached hydrogens (tertiary/aromatic N) is 5. The molecule has 1 atom stereocenters. The van der Waals surface area contributed by atoms with Gasteiger partial charge >= 0.3 is 0 Å². The number of aromatic nitrogens is 3. The Labute approximate surface area is 152 Å². The summed E-state index contributed by atoms with van der Waals surface area (Å²) in [5, 5.41) is 14.2. The molecular formula is C19H25N5O2. The second kappa shape index (κ2) is 7.09. The molecule has 1 aliphatic rings. The average Bonchev–Trinajstić information content (AvgIpc) is 3.24. The van der Waals surface area contributed by atoms with Crippen LogP contribution >= 0.6 is 0 Å². The number of piperazine rings is 1. The topological polar surface area (TPSA) is 70.0 Å². The van der Waals surface area contributed by atoms with Crippen molar-refractivity contribution in [1.82, 2.24) is 19.5 Å². The lowest BCUT2D eigenvalue weighted by molar-refractivity contribution is 0.135.